The summed E-state index contributed by atoms with van der Waals surface area (Å²) in [5, 5.41) is 10.9. The molecule has 1 unspecified atom stereocenters. The number of hydrogen-bond donors (Lipinski definition) is 3. The number of nitrogens with one attached hydrogen (secondary N) is 2. The molecule has 0 radical (unpaired) electrons. The second kappa shape index (κ2) is 6.17. The first kappa shape index (κ1) is 13.4. The minimum Gasteiger partial charge on any atom is -0.356 e. The molecule has 1 aliphatic rings. The van der Waals surface area contributed by atoms with E-state index >= 15 is 0 Å². The summed E-state index contributed by atoms with van der Waals surface area (Å²) in [7, 11) is -3.36. The quantitative estimate of drug-likeness (QED) is 0.540. The molecule has 7 heteroatoms. The van der Waals surface area contributed by atoms with E-state index in [9.17, 15) is 13.2 Å². The highest BCUT2D eigenvalue weighted by Gasteiger charge is 2.16. The van der Waals surface area contributed by atoms with Crippen molar-refractivity contribution in [1.29, 1.82) is 0 Å². The van der Waals surface area contributed by atoms with Crippen LogP contribution >= 0.6 is 0 Å². The summed E-state index contributed by atoms with van der Waals surface area (Å²) in [5.74, 6) is 0.0419. The molecule has 1 heterocycles. The van der Waals surface area contributed by atoms with Crippen molar-refractivity contribution in [2.45, 2.75) is 31.7 Å². The Morgan fingerprint density at radius 2 is 2.25 bits per heavy atom. The molecular weight excluding hydrogens is 230 g/mol. The molecule has 0 aromatic rings. The average molecular weight is 249 g/mol. The molecule has 1 rings (SSSR count). The number of carbonyl (C=O) groups excluding carboxylic acids is 1. The minimum atomic E-state index is -3.36. The van der Waals surface area contributed by atoms with Crippen LogP contribution in [0, 0.1) is 0 Å². The van der Waals surface area contributed by atoms with E-state index in [2.05, 4.69) is 10.6 Å². The molecule has 16 heavy (non-hydrogen) atoms. The lowest BCUT2D eigenvalue weighted by atomic mass is 10.1. The van der Waals surface area contributed by atoms with Gasteiger partial charge in [0.25, 0.3) is 0 Å². The highest BCUT2D eigenvalue weighted by molar-refractivity contribution is 7.89. The molecule has 1 fully saturated rings. The fourth-order valence-corrected chi connectivity index (χ4v) is 2.27. The topological polar surface area (TPSA) is 101 Å². The predicted octanol–water partition coefficient (Wildman–Crippen LogP) is -1.08. The van der Waals surface area contributed by atoms with Gasteiger partial charge in [-0.15, -0.1) is 0 Å². The molecule has 0 aromatic carbocycles. The van der Waals surface area contributed by atoms with Gasteiger partial charge in [0, 0.05) is 19.0 Å². The van der Waals surface area contributed by atoms with Gasteiger partial charge in [0.15, 0.2) is 0 Å². The zero-order chi connectivity index (χ0) is 12.0. The molecule has 6 nitrogen and oxygen atoms in total. The number of rotatable bonds is 5. The molecule has 0 saturated carbocycles. The Morgan fingerprint density at radius 3 is 2.94 bits per heavy atom. The predicted molar refractivity (Wildman–Crippen MR) is 61.2 cm³/mol. The molecule has 0 aromatic heterocycles. The Hall–Kier alpha value is -0.660. The Morgan fingerprint density at radius 1 is 1.50 bits per heavy atom. The van der Waals surface area contributed by atoms with E-state index < -0.39 is 10.0 Å². The van der Waals surface area contributed by atoms with E-state index in [0.29, 0.717) is 19.4 Å². The first-order valence-electron chi connectivity index (χ1n) is 5.48. The summed E-state index contributed by atoms with van der Waals surface area (Å²) >= 11 is 0. The van der Waals surface area contributed by atoms with Crippen LogP contribution in [0.3, 0.4) is 0 Å². The van der Waals surface area contributed by atoms with Gasteiger partial charge in [-0.3, -0.25) is 4.79 Å². The monoisotopic (exact) mass is 249 g/mol. The van der Waals surface area contributed by atoms with Crippen LogP contribution in [0.5, 0.6) is 0 Å². The summed E-state index contributed by atoms with van der Waals surface area (Å²) in [6.45, 7) is 1.31. The maximum atomic E-state index is 11.2. The maximum Gasteiger partial charge on any atom is 0.221 e. The van der Waals surface area contributed by atoms with Gasteiger partial charge >= 0.3 is 0 Å². The van der Waals surface area contributed by atoms with Crippen LogP contribution in [-0.2, 0) is 14.8 Å². The van der Waals surface area contributed by atoms with Gasteiger partial charge in [0.2, 0.25) is 15.9 Å². The fraction of sp³-hybridized carbons (Fsp3) is 0.889. The number of sulfonamides is 1. The van der Waals surface area contributed by atoms with Crippen molar-refractivity contribution in [1.82, 2.24) is 10.6 Å². The number of carbonyl (C=O) groups is 1. The van der Waals surface area contributed by atoms with Crippen LogP contribution in [-0.4, -0.2) is 39.2 Å². The molecule has 1 aliphatic heterocycles. The van der Waals surface area contributed by atoms with E-state index in [1.54, 1.807) is 0 Å². The summed E-state index contributed by atoms with van der Waals surface area (Å²) in [4.78, 5) is 11.2. The minimum absolute atomic E-state index is 0.0150. The van der Waals surface area contributed by atoms with Crippen LogP contribution in [0.2, 0.25) is 0 Å². The number of amides is 1. The van der Waals surface area contributed by atoms with E-state index in [4.69, 9.17) is 5.14 Å². The second-order valence-corrected chi connectivity index (χ2v) is 5.80. The maximum absolute atomic E-state index is 11.2. The van der Waals surface area contributed by atoms with Crippen molar-refractivity contribution in [2.24, 2.45) is 5.14 Å². The summed E-state index contributed by atoms with van der Waals surface area (Å²) in [5.41, 5.74) is 0. The Bertz CT molecular complexity index is 329. The van der Waals surface area contributed by atoms with Crippen molar-refractivity contribution < 1.29 is 13.2 Å². The molecule has 1 atom stereocenters. The van der Waals surface area contributed by atoms with E-state index in [-0.39, 0.29) is 17.7 Å². The van der Waals surface area contributed by atoms with E-state index in [0.717, 1.165) is 19.4 Å². The highest BCUT2D eigenvalue weighted by Crippen LogP contribution is 2.05. The largest absolute Gasteiger partial charge is 0.356 e. The molecule has 0 aliphatic carbocycles. The average Bonchev–Trinajstić information content (AvgIpc) is 2.36. The lowest BCUT2D eigenvalue weighted by Crippen LogP contribution is -2.34. The lowest BCUT2D eigenvalue weighted by Gasteiger charge is -2.14. The van der Waals surface area contributed by atoms with E-state index in [1.165, 1.54) is 0 Å². The fourth-order valence-electron chi connectivity index (χ4n) is 1.73. The first-order valence-corrected chi connectivity index (χ1v) is 7.19. The van der Waals surface area contributed by atoms with Crippen molar-refractivity contribution in [3.8, 4) is 0 Å². The number of nitrogens with two attached hydrogens (primary N) is 1. The Balaban J connectivity index is 2.19. The van der Waals surface area contributed by atoms with Crippen molar-refractivity contribution in [3.05, 3.63) is 0 Å². The lowest BCUT2D eigenvalue weighted by molar-refractivity contribution is -0.121. The zero-order valence-corrected chi connectivity index (χ0v) is 10.1. The third-order valence-electron chi connectivity index (χ3n) is 2.52. The molecule has 1 saturated heterocycles. The van der Waals surface area contributed by atoms with Gasteiger partial charge < -0.3 is 10.6 Å². The van der Waals surface area contributed by atoms with Crippen molar-refractivity contribution in [3.63, 3.8) is 0 Å². The molecule has 1 amide bonds. The third-order valence-corrected chi connectivity index (χ3v) is 3.38. The van der Waals surface area contributed by atoms with Crippen LogP contribution < -0.4 is 15.8 Å². The standard InChI is InChI=1S/C9H19N3O3S/c10-16(14,15)6-2-5-11-8-3-1-4-12-9(13)7-8/h8,11H,1-7H2,(H,12,13)(H2,10,14,15). The molecule has 4 N–H and O–H groups in total. The van der Waals surface area contributed by atoms with Gasteiger partial charge in [-0.2, -0.15) is 0 Å². The summed E-state index contributed by atoms with van der Waals surface area (Å²) < 4.78 is 21.4. The van der Waals surface area contributed by atoms with E-state index in [1.807, 2.05) is 0 Å². The SMILES string of the molecule is NS(=O)(=O)CCCNC1CCCNC(=O)C1. The van der Waals surface area contributed by atoms with Crippen LogP contribution in [0.1, 0.15) is 25.7 Å². The van der Waals surface area contributed by atoms with Gasteiger partial charge in [0.05, 0.1) is 5.75 Å². The van der Waals surface area contributed by atoms with Crippen molar-refractivity contribution >= 4 is 15.9 Å². The van der Waals surface area contributed by atoms with Crippen molar-refractivity contribution in [2.75, 3.05) is 18.8 Å². The molecule has 0 bridgehead atoms. The van der Waals surface area contributed by atoms with Gasteiger partial charge in [-0.25, -0.2) is 13.6 Å². The number of hydrogen-bond acceptors (Lipinski definition) is 4. The van der Waals surface area contributed by atoms with Crippen LogP contribution in [0.4, 0.5) is 0 Å². The van der Waals surface area contributed by atoms with Gasteiger partial charge in [0.1, 0.15) is 0 Å². The molecule has 94 valence electrons. The summed E-state index contributed by atoms with van der Waals surface area (Å²) in [6, 6.07) is 0.156. The smallest absolute Gasteiger partial charge is 0.221 e. The van der Waals surface area contributed by atoms with Gasteiger partial charge in [-0.05, 0) is 25.8 Å². The molecule has 0 spiro atoms. The Kier molecular flexibility index (Phi) is 5.17. The Labute approximate surface area is 96.0 Å². The van der Waals surface area contributed by atoms with Crippen LogP contribution in [0.25, 0.3) is 0 Å². The van der Waals surface area contributed by atoms with Gasteiger partial charge in [-0.1, -0.05) is 0 Å². The third kappa shape index (κ3) is 6.04. The zero-order valence-electron chi connectivity index (χ0n) is 9.24. The number of primary sulfonamides is 1. The first-order chi connectivity index (χ1) is 7.47. The highest BCUT2D eigenvalue weighted by atomic mass is 32.2. The van der Waals surface area contributed by atoms with Crippen LogP contribution in [0.15, 0.2) is 0 Å². The molecular formula is C9H19N3O3S. The summed E-state index contributed by atoms with van der Waals surface area (Å²) in [6.07, 6.45) is 2.85. The second-order valence-electron chi connectivity index (χ2n) is 4.07. The normalized spacial score (nSPS) is 22.6.